The van der Waals surface area contributed by atoms with Gasteiger partial charge in [0.1, 0.15) is 6.54 Å². The summed E-state index contributed by atoms with van der Waals surface area (Å²) < 4.78 is 39.6. The van der Waals surface area contributed by atoms with E-state index in [-0.39, 0.29) is 5.69 Å². The second-order valence-corrected chi connectivity index (χ2v) is 6.06. The van der Waals surface area contributed by atoms with Crippen LogP contribution in [0.3, 0.4) is 0 Å². The zero-order chi connectivity index (χ0) is 19.5. The average Bonchev–Trinajstić information content (AvgIpc) is 2.55. The molecule has 0 aliphatic carbocycles. The Bertz CT molecular complexity index is 837. The maximum absolute atomic E-state index is 13.2. The Hall–Kier alpha value is -2.54. The number of hydrogen-bond acceptors (Lipinski definition) is 2. The number of carbonyl (C=O) groups is 2. The fourth-order valence-corrected chi connectivity index (χ4v) is 2.55. The summed E-state index contributed by atoms with van der Waals surface area (Å²) in [5.41, 5.74) is -0.199. The number of anilines is 2. The number of aryl methyl sites for hydroxylation is 1. The number of amides is 2. The van der Waals surface area contributed by atoms with Gasteiger partial charge < -0.3 is 10.2 Å². The van der Waals surface area contributed by atoms with Gasteiger partial charge in [0.15, 0.2) is 0 Å². The molecule has 0 radical (unpaired) electrons. The molecule has 0 saturated carbocycles. The first-order chi connectivity index (χ1) is 12.1. The molecule has 0 aliphatic rings. The Kier molecular flexibility index (Phi) is 5.92. The summed E-state index contributed by atoms with van der Waals surface area (Å²) in [6.45, 7) is 2.28. The lowest BCUT2D eigenvalue weighted by atomic mass is 10.1. The van der Waals surface area contributed by atoms with Crippen molar-refractivity contribution in [2.75, 3.05) is 16.8 Å². The molecule has 0 spiro atoms. The Balaban J connectivity index is 2.28. The number of alkyl halides is 3. The van der Waals surface area contributed by atoms with Crippen LogP contribution in [-0.2, 0) is 15.8 Å². The fourth-order valence-electron chi connectivity index (χ4n) is 2.38. The van der Waals surface area contributed by atoms with Crippen molar-refractivity contribution in [2.24, 2.45) is 0 Å². The highest BCUT2D eigenvalue weighted by Gasteiger charge is 2.35. The van der Waals surface area contributed by atoms with E-state index in [0.717, 1.165) is 29.5 Å². The molecule has 0 saturated heterocycles. The highest BCUT2D eigenvalue weighted by Crippen LogP contribution is 2.36. The second kappa shape index (κ2) is 7.78. The van der Waals surface area contributed by atoms with Crippen LogP contribution in [0.15, 0.2) is 42.5 Å². The average molecular weight is 385 g/mol. The van der Waals surface area contributed by atoms with Gasteiger partial charge in [0.25, 0.3) is 0 Å². The van der Waals surface area contributed by atoms with Crippen molar-refractivity contribution in [3.8, 4) is 0 Å². The van der Waals surface area contributed by atoms with E-state index in [1.54, 1.807) is 19.1 Å². The number of halogens is 4. The molecule has 0 unspecified atom stereocenters. The third-order valence-corrected chi connectivity index (χ3v) is 3.89. The Morgan fingerprint density at radius 3 is 2.42 bits per heavy atom. The van der Waals surface area contributed by atoms with E-state index in [9.17, 15) is 22.8 Å². The highest BCUT2D eigenvalue weighted by atomic mass is 35.5. The van der Waals surface area contributed by atoms with Crippen LogP contribution in [-0.4, -0.2) is 18.4 Å². The molecule has 0 fully saturated rings. The molecule has 2 rings (SSSR count). The number of rotatable bonds is 4. The molecule has 0 bridgehead atoms. The monoisotopic (exact) mass is 384 g/mol. The van der Waals surface area contributed by atoms with Crippen molar-refractivity contribution >= 4 is 34.8 Å². The Morgan fingerprint density at radius 2 is 1.81 bits per heavy atom. The molecular weight excluding hydrogens is 369 g/mol. The first-order valence-electron chi connectivity index (χ1n) is 7.60. The van der Waals surface area contributed by atoms with Gasteiger partial charge in [-0.2, -0.15) is 13.2 Å². The van der Waals surface area contributed by atoms with Crippen molar-refractivity contribution in [2.45, 2.75) is 20.0 Å². The lowest BCUT2D eigenvalue weighted by molar-refractivity contribution is -0.137. The zero-order valence-corrected chi connectivity index (χ0v) is 14.8. The molecule has 26 heavy (non-hydrogen) atoms. The van der Waals surface area contributed by atoms with E-state index in [2.05, 4.69) is 5.32 Å². The summed E-state index contributed by atoms with van der Waals surface area (Å²) in [4.78, 5) is 25.0. The zero-order valence-electron chi connectivity index (χ0n) is 14.0. The Labute approximate surface area is 153 Å². The van der Waals surface area contributed by atoms with Crippen LogP contribution in [0.5, 0.6) is 0 Å². The smallest absolute Gasteiger partial charge is 0.324 e. The molecule has 0 aliphatic heterocycles. The molecular formula is C18H16ClF3N2O2. The molecule has 0 heterocycles. The van der Waals surface area contributed by atoms with Gasteiger partial charge in [0, 0.05) is 17.6 Å². The summed E-state index contributed by atoms with van der Waals surface area (Å²) in [7, 11) is 0. The Morgan fingerprint density at radius 1 is 1.15 bits per heavy atom. The maximum Gasteiger partial charge on any atom is 0.418 e. The van der Waals surface area contributed by atoms with E-state index in [1.807, 2.05) is 0 Å². The second-order valence-electron chi connectivity index (χ2n) is 5.63. The number of para-hydroxylation sites is 1. The first-order valence-corrected chi connectivity index (χ1v) is 7.97. The third kappa shape index (κ3) is 4.76. The van der Waals surface area contributed by atoms with Gasteiger partial charge in [-0.15, -0.1) is 0 Å². The van der Waals surface area contributed by atoms with Crippen LogP contribution < -0.4 is 10.2 Å². The highest BCUT2D eigenvalue weighted by molar-refractivity contribution is 6.31. The van der Waals surface area contributed by atoms with Crippen molar-refractivity contribution in [3.63, 3.8) is 0 Å². The minimum atomic E-state index is -4.65. The van der Waals surface area contributed by atoms with Crippen LogP contribution in [0, 0.1) is 6.92 Å². The molecule has 2 aromatic rings. The minimum Gasteiger partial charge on any atom is -0.324 e. The van der Waals surface area contributed by atoms with Gasteiger partial charge in [-0.1, -0.05) is 29.8 Å². The third-order valence-electron chi connectivity index (χ3n) is 3.66. The normalized spacial score (nSPS) is 11.2. The molecule has 0 atom stereocenters. The van der Waals surface area contributed by atoms with Crippen molar-refractivity contribution in [1.29, 1.82) is 0 Å². The predicted molar refractivity (Wildman–Crippen MR) is 94.3 cm³/mol. The maximum atomic E-state index is 13.2. The van der Waals surface area contributed by atoms with E-state index in [0.29, 0.717) is 10.7 Å². The van der Waals surface area contributed by atoms with E-state index >= 15 is 0 Å². The largest absolute Gasteiger partial charge is 0.418 e. The summed E-state index contributed by atoms with van der Waals surface area (Å²) in [6.07, 6.45) is -4.65. The summed E-state index contributed by atoms with van der Waals surface area (Å²) >= 11 is 5.88. The summed E-state index contributed by atoms with van der Waals surface area (Å²) in [6, 6.07) is 9.48. The first kappa shape index (κ1) is 19.8. The van der Waals surface area contributed by atoms with Gasteiger partial charge in [-0.05, 0) is 36.8 Å². The van der Waals surface area contributed by atoms with Crippen LogP contribution in [0.1, 0.15) is 18.1 Å². The SMILES string of the molecule is CC(=O)N(CC(=O)Nc1cc(Cl)ccc1C)c1ccccc1C(F)(F)F. The number of hydrogen-bond donors (Lipinski definition) is 1. The molecule has 0 aromatic heterocycles. The fraction of sp³-hybridized carbons (Fsp3) is 0.222. The molecule has 8 heteroatoms. The van der Waals surface area contributed by atoms with Crippen molar-refractivity contribution in [3.05, 3.63) is 58.6 Å². The van der Waals surface area contributed by atoms with E-state index < -0.39 is 30.1 Å². The van der Waals surface area contributed by atoms with Crippen LogP contribution in [0.25, 0.3) is 0 Å². The number of benzene rings is 2. The van der Waals surface area contributed by atoms with Crippen LogP contribution >= 0.6 is 11.6 Å². The van der Waals surface area contributed by atoms with Gasteiger partial charge in [-0.25, -0.2) is 0 Å². The molecule has 2 amide bonds. The van der Waals surface area contributed by atoms with Crippen molar-refractivity contribution in [1.82, 2.24) is 0 Å². The van der Waals surface area contributed by atoms with Gasteiger partial charge in [0.05, 0.1) is 11.3 Å². The number of carbonyl (C=O) groups excluding carboxylic acids is 2. The van der Waals surface area contributed by atoms with E-state index in [1.165, 1.54) is 18.2 Å². The van der Waals surface area contributed by atoms with Crippen molar-refractivity contribution < 1.29 is 22.8 Å². The molecule has 4 nitrogen and oxygen atoms in total. The van der Waals surface area contributed by atoms with Crippen LogP contribution in [0.2, 0.25) is 5.02 Å². The lowest BCUT2D eigenvalue weighted by Crippen LogP contribution is -2.38. The predicted octanol–water partition coefficient (Wildman–Crippen LogP) is 4.66. The van der Waals surface area contributed by atoms with Gasteiger partial charge in [-0.3, -0.25) is 9.59 Å². The van der Waals surface area contributed by atoms with Gasteiger partial charge >= 0.3 is 6.18 Å². The van der Waals surface area contributed by atoms with Crippen LogP contribution in [0.4, 0.5) is 24.5 Å². The summed E-state index contributed by atoms with van der Waals surface area (Å²) in [5, 5.41) is 2.97. The number of nitrogens with zero attached hydrogens (tertiary/aromatic N) is 1. The number of nitrogens with one attached hydrogen (secondary N) is 1. The summed E-state index contributed by atoms with van der Waals surface area (Å²) in [5.74, 6) is -1.32. The van der Waals surface area contributed by atoms with E-state index in [4.69, 9.17) is 11.6 Å². The molecule has 138 valence electrons. The van der Waals surface area contributed by atoms with Gasteiger partial charge in [0.2, 0.25) is 11.8 Å². The quantitative estimate of drug-likeness (QED) is 0.833. The molecule has 2 aromatic carbocycles. The standard InChI is InChI=1S/C18H16ClF3N2O2/c1-11-7-8-13(19)9-15(11)23-17(26)10-24(12(2)25)16-6-4-3-5-14(16)18(20,21)22/h3-9H,10H2,1-2H3,(H,23,26). The topological polar surface area (TPSA) is 49.4 Å². The lowest BCUT2D eigenvalue weighted by Gasteiger charge is -2.24. The minimum absolute atomic E-state index is 0.370. The molecule has 1 N–H and O–H groups in total.